The molecule has 1 atom stereocenters. The molecule has 1 heterocycles. The molecule has 82 valence electrons. The van der Waals surface area contributed by atoms with Crippen molar-refractivity contribution in [2.24, 2.45) is 0 Å². The van der Waals surface area contributed by atoms with Crippen LogP contribution in [0.4, 0.5) is 0 Å². The molecule has 0 radical (unpaired) electrons. The van der Waals surface area contributed by atoms with Crippen LogP contribution < -0.4 is 0 Å². The molecule has 6 nitrogen and oxygen atoms in total. The fourth-order valence-electron chi connectivity index (χ4n) is 1.02. The molecule has 0 aromatic carbocycles. The Balaban J connectivity index is 2.81. The first-order valence-corrected chi connectivity index (χ1v) is 4.51. The zero-order valence-corrected chi connectivity index (χ0v) is 9.14. The fourth-order valence-corrected chi connectivity index (χ4v) is 1.02. The topological polar surface area (TPSA) is 76.3 Å². The molecule has 1 rings (SSSR count). The Morgan fingerprint density at radius 2 is 2.00 bits per heavy atom. The molecule has 1 aromatic heterocycles. The standard InChI is InChI=1S/C9H13N3O3/c1-5(12(4)7(3)13)8(14)9-11-10-6(2)15-9/h5H,1-4H3/t5-/m0/s1. The quantitative estimate of drug-likeness (QED) is 0.677. The molecule has 0 bridgehead atoms. The molecule has 0 spiro atoms. The van der Waals surface area contributed by atoms with Crippen LogP contribution >= 0.6 is 0 Å². The second-order valence-electron chi connectivity index (χ2n) is 3.30. The van der Waals surface area contributed by atoms with E-state index in [1.54, 1.807) is 20.9 Å². The maximum atomic E-state index is 11.7. The average Bonchev–Trinajstić information content (AvgIpc) is 2.61. The highest BCUT2D eigenvalue weighted by Crippen LogP contribution is 2.06. The van der Waals surface area contributed by atoms with Crippen molar-refractivity contribution >= 4 is 11.7 Å². The third-order valence-corrected chi connectivity index (χ3v) is 2.19. The van der Waals surface area contributed by atoms with Crippen molar-refractivity contribution in [3.63, 3.8) is 0 Å². The number of carbonyl (C=O) groups is 2. The van der Waals surface area contributed by atoms with Gasteiger partial charge < -0.3 is 9.32 Å². The van der Waals surface area contributed by atoms with Gasteiger partial charge in [0.1, 0.15) is 0 Å². The van der Waals surface area contributed by atoms with E-state index >= 15 is 0 Å². The van der Waals surface area contributed by atoms with E-state index < -0.39 is 6.04 Å². The summed E-state index contributed by atoms with van der Waals surface area (Å²) in [5, 5.41) is 7.16. The summed E-state index contributed by atoms with van der Waals surface area (Å²) in [7, 11) is 1.55. The van der Waals surface area contributed by atoms with Gasteiger partial charge in [-0.05, 0) is 6.92 Å². The van der Waals surface area contributed by atoms with Gasteiger partial charge in [-0.15, -0.1) is 10.2 Å². The van der Waals surface area contributed by atoms with Crippen molar-refractivity contribution in [2.45, 2.75) is 26.8 Å². The molecule has 6 heteroatoms. The Kier molecular flexibility index (Phi) is 3.18. The summed E-state index contributed by atoms with van der Waals surface area (Å²) in [5.41, 5.74) is 0. The van der Waals surface area contributed by atoms with Gasteiger partial charge in [0.05, 0.1) is 6.04 Å². The van der Waals surface area contributed by atoms with Crippen LogP contribution in [0.3, 0.4) is 0 Å². The van der Waals surface area contributed by atoms with Crippen molar-refractivity contribution in [2.75, 3.05) is 7.05 Å². The second-order valence-corrected chi connectivity index (χ2v) is 3.30. The van der Waals surface area contributed by atoms with Crippen LogP contribution in [-0.4, -0.2) is 39.9 Å². The number of nitrogens with zero attached hydrogens (tertiary/aromatic N) is 3. The normalized spacial score (nSPS) is 12.3. The van der Waals surface area contributed by atoms with Gasteiger partial charge in [0.2, 0.25) is 17.6 Å². The maximum Gasteiger partial charge on any atom is 0.286 e. The summed E-state index contributed by atoms with van der Waals surface area (Å²) < 4.78 is 4.99. The van der Waals surface area contributed by atoms with Crippen LogP contribution in [-0.2, 0) is 4.79 Å². The molecule has 0 saturated carbocycles. The van der Waals surface area contributed by atoms with Crippen LogP contribution in [0.15, 0.2) is 4.42 Å². The van der Waals surface area contributed by atoms with Gasteiger partial charge in [0.15, 0.2) is 0 Å². The minimum Gasteiger partial charge on any atom is -0.419 e. The van der Waals surface area contributed by atoms with Crippen molar-refractivity contribution in [1.29, 1.82) is 0 Å². The number of amides is 1. The molecule has 0 aliphatic heterocycles. The van der Waals surface area contributed by atoms with Crippen LogP contribution in [0, 0.1) is 6.92 Å². The first kappa shape index (κ1) is 11.4. The monoisotopic (exact) mass is 211 g/mol. The summed E-state index contributed by atoms with van der Waals surface area (Å²) >= 11 is 0. The van der Waals surface area contributed by atoms with Crippen LogP contribution in [0.2, 0.25) is 0 Å². The Morgan fingerprint density at radius 1 is 1.40 bits per heavy atom. The van der Waals surface area contributed by atoms with Gasteiger partial charge in [-0.2, -0.15) is 0 Å². The zero-order valence-electron chi connectivity index (χ0n) is 9.14. The molecule has 0 aliphatic rings. The van der Waals surface area contributed by atoms with Crippen molar-refractivity contribution in [3.8, 4) is 0 Å². The predicted molar refractivity (Wildman–Crippen MR) is 51.3 cm³/mol. The Bertz CT molecular complexity index is 386. The highest BCUT2D eigenvalue weighted by molar-refractivity contribution is 5.97. The van der Waals surface area contributed by atoms with E-state index in [4.69, 9.17) is 4.42 Å². The zero-order chi connectivity index (χ0) is 11.6. The summed E-state index contributed by atoms with van der Waals surface area (Å²) in [4.78, 5) is 24.1. The van der Waals surface area contributed by atoms with Gasteiger partial charge in [0, 0.05) is 20.9 Å². The van der Waals surface area contributed by atoms with E-state index in [9.17, 15) is 9.59 Å². The molecule has 0 saturated heterocycles. The van der Waals surface area contributed by atoms with Gasteiger partial charge in [-0.1, -0.05) is 0 Å². The third kappa shape index (κ3) is 2.39. The van der Waals surface area contributed by atoms with E-state index in [-0.39, 0.29) is 17.6 Å². The van der Waals surface area contributed by atoms with Crippen molar-refractivity contribution in [3.05, 3.63) is 11.8 Å². The fraction of sp³-hybridized carbons (Fsp3) is 0.556. The average molecular weight is 211 g/mol. The number of Topliss-reactive ketones (excluding diaryl/α,β-unsaturated/α-hetero) is 1. The first-order chi connectivity index (χ1) is 6.93. The minimum absolute atomic E-state index is 0.0619. The number of carbonyl (C=O) groups excluding carboxylic acids is 2. The number of hydrogen-bond acceptors (Lipinski definition) is 5. The number of rotatable bonds is 3. The maximum absolute atomic E-state index is 11.7. The Labute approximate surface area is 87.3 Å². The van der Waals surface area contributed by atoms with E-state index in [2.05, 4.69) is 10.2 Å². The lowest BCUT2D eigenvalue weighted by Crippen LogP contribution is -2.39. The molecule has 0 fully saturated rings. The summed E-state index contributed by atoms with van der Waals surface area (Å²) in [6, 6.07) is -0.595. The molecule has 1 amide bonds. The van der Waals surface area contributed by atoms with E-state index in [1.165, 1.54) is 11.8 Å². The van der Waals surface area contributed by atoms with E-state index in [1.807, 2.05) is 0 Å². The highest BCUT2D eigenvalue weighted by Gasteiger charge is 2.25. The Morgan fingerprint density at radius 3 is 2.40 bits per heavy atom. The molecular weight excluding hydrogens is 198 g/mol. The lowest BCUT2D eigenvalue weighted by atomic mass is 10.2. The van der Waals surface area contributed by atoms with Crippen LogP contribution in [0.25, 0.3) is 0 Å². The Hall–Kier alpha value is -1.72. The number of aromatic nitrogens is 2. The number of likely N-dealkylation sites (N-methyl/N-ethyl adjacent to an activating group) is 1. The largest absolute Gasteiger partial charge is 0.419 e. The van der Waals surface area contributed by atoms with Crippen molar-refractivity contribution < 1.29 is 14.0 Å². The van der Waals surface area contributed by atoms with Gasteiger partial charge >= 0.3 is 0 Å². The lowest BCUT2D eigenvalue weighted by Gasteiger charge is -2.20. The molecule has 1 aromatic rings. The summed E-state index contributed by atoms with van der Waals surface area (Å²) in [6.07, 6.45) is 0. The smallest absolute Gasteiger partial charge is 0.286 e. The van der Waals surface area contributed by atoms with E-state index in [0.717, 1.165) is 0 Å². The number of aryl methyl sites for hydroxylation is 1. The molecule has 0 aliphatic carbocycles. The van der Waals surface area contributed by atoms with Crippen LogP contribution in [0.5, 0.6) is 0 Å². The third-order valence-electron chi connectivity index (χ3n) is 2.19. The summed E-state index contributed by atoms with van der Waals surface area (Å²) in [6.45, 7) is 4.61. The summed E-state index contributed by atoms with van der Waals surface area (Å²) in [5.74, 6) is -0.274. The number of ketones is 1. The highest BCUT2D eigenvalue weighted by atomic mass is 16.4. The molecular formula is C9H13N3O3. The molecule has 0 N–H and O–H groups in total. The second kappa shape index (κ2) is 4.20. The van der Waals surface area contributed by atoms with Gasteiger partial charge in [0.25, 0.3) is 5.89 Å². The minimum atomic E-state index is -0.595. The lowest BCUT2D eigenvalue weighted by molar-refractivity contribution is -0.128. The van der Waals surface area contributed by atoms with Gasteiger partial charge in [-0.3, -0.25) is 9.59 Å². The van der Waals surface area contributed by atoms with Gasteiger partial charge in [-0.25, -0.2) is 0 Å². The number of hydrogen-bond donors (Lipinski definition) is 0. The predicted octanol–water partition coefficient (Wildman–Crippen LogP) is 0.428. The first-order valence-electron chi connectivity index (χ1n) is 4.51. The van der Waals surface area contributed by atoms with Crippen molar-refractivity contribution in [1.82, 2.24) is 15.1 Å². The SMILES string of the molecule is CC(=O)N(C)[C@@H](C)C(=O)c1nnc(C)o1. The van der Waals surface area contributed by atoms with Crippen LogP contribution in [0.1, 0.15) is 30.4 Å². The van der Waals surface area contributed by atoms with E-state index in [0.29, 0.717) is 5.89 Å². The molecule has 15 heavy (non-hydrogen) atoms. The molecule has 0 unspecified atom stereocenters.